The number of benzene rings is 3. The van der Waals surface area contributed by atoms with Crippen molar-refractivity contribution < 1.29 is 41.4 Å². The summed E-state index contributed by atoms with van der Waals surface area (Å²) in [7, 11) is -2.32. The minimum Gasteiger partial charge on any atom is -0.497 e. The van der Waals surface area contributed by atoms with Crippen molar-refractivity contribution in [3.8, 4) is 5.75 Å². The van der Waals surface area contributed by atoms with Gasteiger partial charge in [0.15, 0.2) is 9.84 Å². The number of sulfone groups is 1. The summed E-state index contributed by atoms with van der Waals surface area (Å²) < 4.78 is 66.0. The van der Waals surface area contributed by atoms with E-state index in [1.807, 2.05) is 38.1 Å². The average Bonchev–Trinajstić information content (AvgIpc) is 3.08. The lowest BCUT2D eigenvalue weighted by Gasteiger charge is -2.28. The lowest BCUT2D eigenvalue weighted by Crippen LogP contribution is -2.57. The minimum atomic E-state index is -3.89. The SMILES string of the molecule is CCCC(CCC)S(=O)(=O)C[C@H](NC(=O)OCc1ccccc1)C(=O)N[C@@H](Cc1cc(F)cc(F)c1)[C@H](O)CNCCc1cccc(OC)c1. The first-order valence-corrected chi connectivity index (χ1v) is 18.6. The summed E-state index contributed by atoms with van der Waals surface area (Å²) in [6, 6.07) is 16.5. The van der Waals surface area contributed by atoms with Crippen molar-refractivity contribution in [1.29, 1.82) is 0 Å². The number of methoxy groups -OCH3 is 1. The molecule has 0 saturated heterocycles. The maximum atomic E-state index is 14.1. The fourth-order valence-electron chi connectivity index (χ4n) is 5.61. The van der Waals surface area contributed by atoms with E-state index in [1.165, 1.54) is 0 Å². The maximum absolute atomic E-state index is 14.1. The van der Waals surface area contributed by atoms with E-state index in [2.05, 4.69) is 16.0 Å². The lowest BCUT2D eigenvalue weighted by molar-refractivity contribution is -0.124. The van der Waals surface area contributed by atoms with Crippen LogP contribution < -0.4 is 20.7 Å². The molecule has 0 aliphatic carbocycles. The molecule has 0 aromatic heterocycles. The molecule has 274 valence electrons. The van der Waals surface area contributed by atoms with Gasteiger partial charge in [-0.1, -0.05) is 69.2 Å². The van der Waals surface area contributed by atoms with Crippen LogP contribution >= 0.6 is 0 Å². The molecule has 0 aliphatic heterocycles. The molecule has 0 spiro atoms. The van der Waals surface area contributed by atoms with Crippen molar-refractivity contribution >= 4 is 21.8 Å². The number of aliphatic hydroxyl groups is 1. The number of amides is 2. The highest BCUT2D eigenvalue weighted by molar-refractivity contribution is 7.92. The number of carbonyl (C=O) groups excluding carboxylic acids is 2. The fraction of sp³-hybridized carbons (Fsp3) is 0.459. The Morgan fingerprint density at radius 3 is 2.16 bits per heavy atom. The van der Waals surface area contributed by atoms with Crippen LogP contribution in [0.3, 0.4) is 0 Å². The van der Waals surface area contributed by atoms with E-state index in [1.54, 1.807) is 37.4 Å². The summed E-state index contributed by atoms with van der Waals surface area (Å²) in [6.45, 7) is 4.06. The molecule has 0 fully saturated rings. The quantitative estimate of drug-likeness (QED) is 0.114. The Kier molecular flexibility index (Phi) is 16.6. The van der Waals surface area contributed by atoms with Crippen molar-refractivity contribution in [2.45, 2.75) is 82.4 Å². The molecule has 3 aromatic rings. The number of alkyl carbamates (subject to hydrolysis) is 1. The van der Waals surface area contributed by atoms with Crippen LogP contribution in [0.15, 0.2) is 72.8 Å². The van der Waals surface area contributed by atoms with Gasteiger partial charge in [-0.15, -0.1) is 0 Å². The van der Waals surface area contributed by atoms with Crippen molar-refractivity contribution in [2.24, 2.45) is 0 Å². The standard InChI is InChI=1S/C37H49F2N3O7S/c1-4-10-32(11-5-2)50(46,47)25-34(42-37(45)49-24-27-12-7-6-8-13-27)36(44)41-33(21-28-18-29(38)22-30(39)19-28)35(43)23-40-17-16-26-14-9-15-31(20-26)48-3/h6-9,12-15,18-20,22,32-35,40,43H,4-5,10-11,16-17,21,23-25H2,1-3H3,(H,41,44)(H,42,45)/t33-,34-,35+/m0/s1. The van der Waals surface area contributed by atoms with Crippen LogP contribution in [0.5, 0.6) is 5.75 Å². The van der Waals surface area contributed by atoms with Gasteiger partial charge in [-0.3, -0.25) is 4.79 Å². The topological polar surface area (TPSA) is 143 Å². The van der Waals surface area contributed by atoms with E-state index >= 15 is 0 Å². The third-order valence-electron chi connectivity index (χ3n) is 8.20. The van der Waals surface area contributed by atoms with Gasteiger partial charge in [0.25, 0.3) is 0 Å². The van der Waals surface area contributed by atoms with Gasteiger partial charge in [-0.2, -0.15) is 0 Å². The van der Waals surface area contributed by atoms with Crippen LogP contribution in [0, 0.1) is 11.6 Å². The largest absolute Gasteiger partial charge is 0.497 e. The fourth-order valence-corrected chi connectivity index (χ4v) is 7.77. The summed E-state index contributed by atoms with van der Waals surface area (Å²) >= 11 is 0. The summed E-state index contributed by atoms with van der Waals surface area (Å²) in [5.74, 6) is -2.56. The zero-order valence-corrected chi connectivity index (χ0v) is 29.7. The molecule has 0 radical (unpaired) electrons. The van der Waals surface area contributed by atoms with Crippen molar-refractivity contribution in [3.05, 3.63) is 101 Å². The average molecular weight is 718 g/mol. The van der Waals surface area contributed by atoms with E-state index in [-0.39, 0.29) is 25.1 Å². The Balaban J connectivity index is 1.81. The van der Waals surface area contributed by atoms with Crippen LogP contribution in [0.25, 0.3) is 0 Å². The summed E-state index contributed by atoms with van der Waals surface area (Å²) in [4.78, 5) is 26.7. The Morgan fingerprint density at radius 1 is 0.860 bits per heavy atom. The lowest BCUT2D eigenvalue weighted by atomic mass is 10.00. The minimum absolute atomic E-state index is 0.0166. The van der Waals surface area contributed by atoms with E-state index in [4.69, 9.17) is 9.47 Å². The van der Waals surface area contributed by atoms with Gasteiger partial charge in [0.2, 0.25) is 5.91 Å². The second kappa shape index (κ2) is 20.6. The van der Waals surface area contributed by atoms with E-state index in [0.29, 0.717) is 56.0 Å². The molecule has 50 heavy (non-hydrogen) atoms. The number of rotatable bonds is 21. The Hall–Kier alpha value is -4.07. The predicted molar refractivity (Wildman–Crippen MR) is 189 cm³/mol. The van der Waals surface area contributed by atoms with Gasteiger partial charge in [0, 0.05) is 12.6 Å². The highest BCUT2D eigenvalue weighted by atomic mass is 32.2. The monoisotopic (exact) mass is 717 g/mol. The molecule has 4 N–H and O–H groups in total. The molecule has 3 atom stereocenters. The number of hydrogen-bond donors (Lipinski definition) is 4. The molecule has 0 heterocycles. The van der Waals surface area contributed by atoms with Gasteiger partial charge < -0.3 is 30.5 Å². The molecule has 0 saturated carbocycles. The first-order chi connectivity index (χ1) is 23.9. The Morgan fingerprint density at radius 2 is 1.52 bits per heavy atom. The second-order valence-electron chi connectivity index (χ2n) is 12.3. The molecule has 3 aromatic carbocycles. The van der Waals surface area contributed by atoms with Crippen LogP contribution in [-0.2, 0) is 38.8 Å². The predicted octanol–water partition coefficient (Wildman–Crippen LogP) is 4.87. The normalized spacial score (nSPS) is 13.3. The molecule has 10 nitrogen and oxygen atoms in total. The zero-order valence-electron chi connectivity index (χ0n) is 28.9. The Bertz CT molecular complexity index is 1590. The van der Waals surface area contributed by atoms with Crippen molar-refractivity contribution in [1.82, 2.24) is 16.0 Å². The molecule has 2 amide bonds. The second-order valence-corrected chi connectivity index (χ2v) is 14.6. The highest BCUT2D eigenvalue weighted by Gasteiger charge is 2.34. The van der Waals surface area contributed by atoms with Gasteiger partial charge in [0.05, 0.1) is 30.3 Å². The molecular weight excluding hydrogens is 668 g/mol. The Labute approximate surface area is 293 Å². The first kappa shape index (κ1) is 40.4. The zero-order chi connectivity index (χ0) is 36.5. The molecule has 0 aliphatic rings. The number of hydrogen-bond acceptors (Lipinski definition) is 8. The number of ether oxygens (including phenoxy) is 2. The van der Waals surface area contributed by atoms with E-state index in [0.717, 1.165) is 17.7 Å². The van der Waals surface area contributed by atoms with E-state index < -0.39 is 62.7 Å². The first-order valence-electron chi connectivity index (χ1n) is 16.9. The van der Waals surface area contributed by atoms with Crippen LogP contribution in [0.4, 0.5) is 13.6 Å². The number of aliphatic hydroxyl groups excluding tert-OH is 1. The summed E-state index contributed by atoms with van der Waals surface area (Å²) in [5.41, 5.74) is 1.84. The maximum Gasteiger partial charge on any atom is 0.408 e. The molecule has 3 rings (SSSR count). The smallest absolute Gasteiger partial charge is 0.408 e. The van der Waals surface area contributed by atoms with Crippen LogP contribution in [-0.4, -0.2) is 74.9 Å². The molecule has 0 unspecified atom stereocenters. The third-order valence-corrected chi connectivity index (χ3v) is 10.5. The molecule has 13 heteroatoms. The number of halogens is 2. The highest BCUT2D eigenvalue weighted by Crippen LogP contribution is 2.18. The van der Waals surface area contributed by atoms with Crippen molar-refractivity contribution in [3.63, 3.8) is 0 Å². The van der Waals surface area contributed by atoms with Gasteiger partial charge in [0.1, 0.15) is 30.0 Å². The molecular formula is C37H49F2N3O7S. The van der Waals surface area contributed by atoms with Crippen molar-refractivity contribution in [2.75, 3.05) is 26.0 Å². The van der Waals surface area contributed by atoms with Gasteiger partial charge in [-0.25, -0.2) is 22.0 Å². The summed E-state index contributed by atoms with van der Waals surface area (Å²) in [6.07, 6.45) is 0.120. The van der Waals surface area contributed by atoms with Gasteiger partial charge >= 0.3 is 6.09 Å². The summed E-state index contributed by atoms with van der Waals surface area (Å²) in [5, 5.41) is 18.7. The van der Waals surface area contributed by atoms with Crippen LogP contribution in [0.1, 0.15) is 56.2 Å². The number of carbonyl (C=O) groups is 2. The van der Waals surface area contributed by atoms with Crippen LogP contribution in [0.2, 0.25) is 0 Å². The molecule has 0 bridgehead atoms. The van der Waals surface area contributed by atoms with E-state index in [9.17, 15) is 31.9 Å². The third kappa shape index (κ3) is 13.7. The van der Waals surface area contributed by atoms with Gasteiger partial charge in [-0.05, 0) is 73.2 Å². The number of nitrogens with one attached hydrogen (secondary N) is 3.